The highest BCUT2D eigenvalue weighted by Crippen LogP contribution is 2.22. The van der Waals surface area contributed by atoms with Crippen molar-refractivity contribution in [3.63, 3.8) is 0 Å². The molecule has 24 heavy (non-hydrogen) atoms. The molecule has 1 aliphatic heterocycles. The molecule has 1 unspecified atom stereocenters. The summed E-state index contributed by atoms with van der Waals surface area (Å²) in [5.41, 5.74) is 2.24. The molecule has 0 spiro atoms. The van der Waals surface area contributed by atoms with Crippen molar-refractivity contribution >= 4 is 28.1 Å². The minimum atomic E-state index is -0.146. The second-order valence-electron chi connectivity index (χ2n) is 6.18. The fourth-order valence-electron chi connectivity index (χ4n) is 2.91. The van der Waals surface area contributed by atoms with E-state index in [9.17, 15) is 4.79 Å². The Morgan fingerprint density at radius 1 is 1.17 bits per heavy atom. The molecule has 0 saturated carbocycles. The van der Waals surface area contributed by atoms with Crippen molar-refractivity contribution < 1.29 is 4.79 Å². The van der Waals surface area contributed by atoms with Gasteiger partial charge in [0, 0.05) is 36.7 Å². The highest BCUT2D eigenvalue weighted by molar-refractivity contribution is 7.15. The van der Waals surface area contributed by atoms with Gasteiger partial charge < -0.3 is 10.2 Å². The third-order valence-corrected chi connectivity index (χ3v) is 5.61. The molecule has 2 aromatic rings. The van der Waals surface area contributed by atoms with Gasteiger partial charge in [-0.15, -0.1) is 11.3 Å². The van der Waals surface area contributed by atoms with Gasteiger partial charge in [0.1, 0.15) is 0 Å². The van der Waals surface area contributed by atoms with Gasteiger partial charge in [0.05, 0.1) is 11.7 Å². The molecule has 0 radical (unpaired) electrons. The molecule has 1 fully saturated rings. The van der Waals surface area contributed by atoms with Crippen LogP contribution in [-0.4, -0.2) is 48.0 Å². The smallest absolute Gasteiger partial charge is 0.243 e. The van der Waals surface area contributed by atoms with Crippen molar-refractivity contribution in [2.45, 2.75) is 26.8 Å². The molecule has 2 heterocycles. The Morgan fingerprint density at radius 2 is 1.83 bits per heavy atom. The Kier molecular flexibility index (Phi) is 5.16. The second kappa shape index (κ2) is 7.32. The molecule has 1 atom stereocenters. The molecular weight excluding hydrogens is 320 g/mol. The van der Waals surface area contributed by atoms with Crippen LogP contribution in [0.1, 0.15) is 17.5 Å². The van der Waals surface area contributed by atoms with E-state index in [0.717, 1.165) is 36.8 Å². The van der Waals surface area contributed by atoms with E-state index in [1.807, 2.05) is 26.8 Å². The van der Waals surface area contributed by atoms with Gasteiger partial charge in [-0.2, -0.15) is 0 Å². The zero-order chi connectivity index (χ0) is 17.1. The lowest BCUT2D eigenvalue weighted by Crippen LogP contribution is -2.52. The van der Waals surface area contributed by atoms with Gasteiger partial charge in [-0.3, -0.25) is 9.69 Å². The summed E-state index contributed by atoms with van der Waals surface area (Å²) in [4.78, 5) is 22.6. The monoisotopic (exact) mass is 344 g/mol. The number of benzene rings is 1. The standard InChI is InChI=1S/C18H24N4OS/c1-13-15(3)24-18(19-13)20-17(23)14(2)21-9-11-22(12-10-21)16-7-5-4-6-8-16/h4-8,14H,9-12H2,1-3H3,(H,19,20,23). The first-order chi connectivity index (χ1) is 11.5. The molecule has 0 bridgehead atoms. The molecule has 1 aromatic heterocycles. The Bertz CT molecular complexity index is 673. The summed E-state index contributed by atoms with van der Waals surface area (Å²) in [5.74, 6) is 0.0249. The van der Waals surface area contributed by atoms with Crippen LogP contribution in [0.5, 0.6) is 0 Å². The molecule has 3 rings (SSSR count). The lowest BCUT2D eigenvalue weighted by atomic mass is 10.2. The van der Waals surface area contributed by atoms with E-state index in [1.165, 1.54) is 17.0 Å². The number of carbonyl (C=O) groups excluding carboxylic acids is 1. The van der Waals surface area contributed by atoms with Crippen molar-refractivity contribution in [3.8, 4) is 0 Å². The van der Waals surface area contributed by atoms with Crippen LogP contribution in [0.2, 0.25) is 0 Å². The Balaban J connectivity index is 1.54. The highest BCUT2D eigenvalue weighted by atomic mass is 32.1. The van der Waals surface area contributed by atoms with Crippen molar-refractivity contribution in [2.75, 3.05) is 36.4 Å². The molecule has 1 aliphatic rings. The number of aryl methyl sites for hydroxylation is 2. The molecule has 6 heteroatoms. The van der Waals surface area contributed by atoms with Crippen LogP contribution in [0.15, 0.2) is 30.3 Å². The van der Waals surface area contributed by atoms with Crippen molar-refractivity contribution in [2.24, 2.45) is 0 Å². The predicted molar refractivity (Wildman–Crippen MR) is 99.9 cm³/mol. The average molecular weight is 344 g/mol. The molecule has 1 N–H and O–H groups in total. The van der Waals surface area contributed by atoms with E-state index in [1.54, 1.807) is 0 Å². The minimum absolute atomic E-state index is 0.0249. The van der Waals surface area contributed by atoms with Gasteiger partial charge in [-0.25, -0.2) is 4.98 Å². The van der Waals surface area contributed by atoms with E-state index in [4.69, 9.17) is 0 Å². The summed E-state index contributed by atoms with van der Waals surface area (Å²) in [6.07, 6.45) is 0. The lowest BCUT2D eigenvalue weighted by molar-refractivity contribution is -0.120. The number of rotatable bonds is 4. The summed E-state index contributed by atoms with van der Waals surface area (Å²) in [6.45, 7) is 9.62. The zero-order valence-electron chi connectivity index (χ0n) is 14.5. The number of piperazine rings is 1. The topological polar surface area (TPSA) is 48.5 Å². The van der Waals surface area contributed by atoms with E-state index in [0.29, 0.717) is 5.13 Å². The number of hydrogen-bond acceptors (Lipinski definition) is 5. The maximum atomic E-state index is 12.5. The lowest BCUT2D eigenvalue weighted by Gasteiger charge is -2.38. The van der Waals surface area contributed by atoms with Gasteiger partial charge in [0.25, 0.3) is 0 Å². The summed E-state index contributed by atoms with van der Waals surface area (Å²) >= 11 is 1.53. The number of anilines is 2. The fraction of sp³-hybridized carbons (Fsp3) is 0.444. The average Bonchev–Trinajstić information content (AvgIpc) is 2.92. The normalized spacial score (nSPS) is 16.9. The van der Waals surface area contributed by atoms with Gasteiger partial charge in [0.15, 0.2) is 5.13 Å². The number of thiazole rings is 1. The zero-order valence-corrected chi connectivity index (χ0v) is 15.3. The number of nitrogens with one attached hydrogen (secondary N) is 1. The summed E-state index contributed by atoms with van der Waals surface area (Å²) in [5, 5.41) is 3.66. The van der Waals surface area contributed by atoms with Gasteiger partial charge in [-0.1, -0.05) is 18.2 Å². The predicted octanol–water partition coefficient (Wildman–Crippen LogP) is 2.91. The maximum absolute atomic E-state index is 12.5. The maximum Gasteiger partial charge on any atom is 0.243 e. The van der Waals surface area contributed by atoms with Crippen LogP contribution in [0.25, 0.3) is 0 Å². The van der Waals surface area contributed by atoms with Crippen LogP contribution < -0.4 is 10.2 Å². The molecular formula is C18H24N4OS. The Labute approximate surface area is 147 Å². The van der Waals surface area contributed by atoms with E-state index < -0.39 is 0 Å². The van der Waals surface area contributed by atoms with Crippen LogP contribution in [-0.2, 0) is 4.79 Å². The summed E-state index contributed by atoms with van der Waals surface area (Å²) in [6, 6.07) is 10.3. The van der Waals surface area contributed by atoms with Crippen molar-refractivity contribution in [1.82, 2.24) is 9.88 Å². The van der Waals surface area contributed by atoms with E-state index in [-0.39, 0.29) is 11.9 Å². The quantitative estimate of drug-likeness (QED) is 0.926. The number of carbonyl (C=O) groups is 1. The minimum Gasteiger partial charge on any atom is -0.369 e. The van der Waals surface area contributed by atoms with Crippen molar-refractivity contribution in [3.05, 3.63) is 40.9 Å². The third kappa shape index (κ3) is 3.76. The van der Waals surface area contributed by atoms with Gasteiger partial charge in [-0.05, 0) is 32.9 Å². The number of hydrogen-bond donors (Lipinski definition) is 1. The van der Waals surface area contributed by atoms with Crippen LogP contribution in [0.4, 0.5) is 10.8 Å². The number of para-hydroxylation sites is 1. The molecule has 1 aromatic carbocycles. The first-order valence-corrected chi connectivity index (χ1v) is 9.15. The fourth-order valence-corrected chi connectivity index (χ4v) is 3.73. The summed E-state index contributed by atoms with van der Waals surface area (Å²) < 4.78 is 0. The molecule has 1 amide bonds. The highest BCUT2D eigenvalue weighted by Gasteiger charge is 2.26. The van der Waals surface area contributed by atoms with Gasteiger partial charge in [0.2, 0.25) is 5.91 Å². The number of nitrogens with zero attached hydrogens (tertiary/aromatic N) is 3. The second-order valence-corrected chi connectivity index (χ2v) is 7.39. The van der Waals surface area contributed by atoms with Crippen LogP contribution in [0.3, 0.4) is 0 Å². The number of aromatic nitrogens is 1. The Morgan fingerprint density at radius 3 is 2.42 bits per heavy atom. The molecule has 128 valence electrons. The SMILES string of the molecule is Cc1nc(NC(=O)C(C)N2CCN(c3ccccc3)CC2)sc1C. The van der Waals surface area contributed by atoms with Crippen LogP contribution in [0, 0.1) is 13.8 Å². The van der Waals surface area contributed by atoms with E-state index in [2.05, 4.69) is 44.4 Å². The van der Waals surface area contributed by atoms with Crippen molar-refractivity contribution in [1.29, 1.82) is 0 Å². The summed E-state index contributed by atoms with van der Waals surface area (Å²) in [7, 11) is 0. The molecule has 0 aliphatic carbocycles. The van der Waals surface area contributed by atoms with E-state index >= 15 is 0 Å². The van der Waals surface area contributed by atoms with Crippen LogP contribution >= 0.6 is 11.3 Å². The Hall–Kier alpha value is -1.92. The third-order valence-electron chi connectivity index (χ3n) is 4.62. The first-order valence-electron chi connectivity index (χ1n) is 8.33. The first kappa shape index (κ1) is 16.9. The molecule has 5 nitrogen and oxygen atoms in total. The number of amides is 1. The largest absolute Gasteiger partial charge is 0.369 e. The molecule has 1 saturated heterocycles. The van der Waals surface area contributed by atoms with Gasteiger partial charge >= 0.3 is 0 Å².